The van der Waals surface area contributed by atoms with Gasteiger partial charge in [-0.1, -0.05) is 18.2 Å². The number of aryl methyl sites for hydroxylation is 1. The van der Waals surface area contributed by atoms with Crippen LogP contribution >= 0.6 is 0 Å². The zero-order valence-corrected chi connectivity index (χ0v) is 11.2. The molecule has 0 spiro atoms. The quantitative estimate of drug-likeness (QED) is 0.621. The molecule has 2 aromatic rings. The summed E-state index contributed by atoms with van der Waals surface area (Å²) in [7, 11) is 3.61. The number of anilines is 3. The van der Waals surface area contributed by atoms with Crippen LogP contribution in [0.2, 0.25) is 0 Å². The predicted octanol–water partition coefficient (Wildman–Crippen LogP) is 2.47. The summed E-state index contributed by atoms with van der Waals surface area (Å²) in [6.45, 7) is 1.82. The van der Waals surface area contributed by atoms with Crippen LogP contribution in [0.1, 0.15) is 5.82 Å². The van der Waals surface area contributed by atoms with E-state index in [0.29, 0.717) is 11.6 Å². The standard InChI is InChI=1S/C14H15N5/c1-11-16-13(18(2)10-15)9-14(17-11)19(3)12-7-5-4-6-8-12/h4-9H,1-3H3. The van der Waals surface area contributed by atoms with E-state index in [2.05, 4.69) is 9.97 Å². The van der Waals surface area contributed by atoms with E-state index in [-0.39, 0.29) is 0 Å². The Morgan fingerprint density at radius 3 is 2.32 bits per heavy atom. The van der Waals surface area contributed by atoms with E-state index in [1.54, 1.807) is 13.1 Å². The predicted molar refractivity (Wildman–Crippen MR) is 75.3 cm³/mol. The smallest absolute Gasteiger partial charge is 0.185 e. The Balaban J connectivity index is 2.40. The molecular weight excluding hydrogens is 238 g/mol. The van der Waals surface area contributed by atoms with Crippen molar-refractivity contribution >= 4 is 17.3 Å². The number of aromatic nitrogens is 2. The first-order valence-electron chi connectivity index (χ1n) is 5.89. The molecule has 0 radical (unpaired) electrons. The lowest BCUT2D eigenvalue weighted by Crippen LogP contribution is -2.16. The fourth-order valence-electron chi connectivity index (χ4n) is 1.72. The molecule has 1 aromatic heterocycles. The summed E-state index contributed by atoms with van der Waals surface area (Å²) < 4.78 is 0. The lowest BCUT2D eigenvalue weighted by molar-refractivity contribution is 0.987. The van der Waals surface area contributed by atoms with E-state index < -0.39 is 0 Å². The highest BCUT2D eigenvalue weighted by Crippen LogP contribution is 2.24. The highest BCUT2D eigenvalue weighted by molar-refractivity contribution is 5.62. The van der Waals surface area contributed by atoms with Crippen molar-refractivity contribution in [3.05, 3.63) is 42.2 Å². The van der Waals surface area contributed by atoms with E-state index in [0.717, 1.165) is 11.5 Å². The molecule has 1 aromatic carbocycles. The van der Waals surface area contributed by atoms with Crippen LogP contribution in [0.5, 0.6) is 0 Å². The Kier molecular flexibility index (Phi) is 3.62. The Morgan fingerprint density at radius 2 is 1.68 bits per heavy atom. The van der Waals surface area contributed by atoms with Crippen molar-refractivity contribution in [2.75, 3.05) is 23.9 Å². The molecule has 0 aliphatic carbocycles. The second kappa shape index (κ2) is 5.36. The minimum Gasteiger partial charge on any atom is -0.329 e. The molecule has 0 unspecified atom stereocenters. The molecule has 0 amide bonds. The van der Waals surface area contributed by atoms with E-state index in [4.69, 9.17) is 5.26 Å². The van der Waals surface area contributed by atoms with Gasteiger partial charge in [0.15, 0.2) is 6.19 Å². The Hall–Kier alpha value is -2.61. The zero-order chi connectivity index (χ0) is 13.8. The number of rotatable bonds is 3. The number of nitrogens with zero attached hydrogens (tertiary/aromatic N) is 5. The second-order valence-corrected chi connectivity index (χ2v) is 4.19. The van der Waals surface area contributed by atoms with Gasteiger partial charge in [-0.25, -0.2) is 9.97 Å². The highest BCUT2D eigenvalue weighted by Gasteiger charge is 2.10. The van der Waals surface area contributed by atoms with Crippen molar-refractivity contribution in [3.8, 4) is 6.19 Å². The number of nitriles is 1. The maximum absolute atomic E-state index is 8.93. The Morgan fingerprint density at radius 1 is 1.05 bits per heavy atom. The molecule has 0 bridgehead atoms. The molecule has 0 saturated heterocycles. The van der Waals surface area contributed by atoms with Gasteiger partial charge >= 0.3 is 0 Å². The topological polar surface area (TPSA) is 56.1 Å². The van der Waals surface area contributed by atoms with Crippen molar-refractivity contribution in [2.45, 2.75) is 6.92 Å². The van der Waals surface area contributed by atoms with E-state index >= 15 is 0 Å². The van der Waals surface area contributed by atoms with Gasteiger partial charge in [0.1, 0.15) is 17.5 Å². The first kappa shape index (κ1) is 12.8. The van der Waals surface area contributed by atoms with Gasteiger partial charge in [0.2, 0.25) is 0 Å². The lowest BCUT2D eigenvalue weighted by atomic mass is 10.3. The summed E-state index contributed by atoms with van der Waals surface area (Å²) in [5.74, 6) is 1.99. The Labute approximate surface area is 112 Å². The lowest BCUT2D eigenvalue weighted by Gasteiger charge is -2.20. The average Bonchev–Trinajstić information content (AvgIpc) is 2.45. The van der Waals surface area contributed by atoms with Gasteiger partial charge in [-0.15, -0.1) is 0 Å². The molecule has 1 heterocycles. The number of para-hydroxylation sites is 1. The van der Waals surface area contributed by atoms with Gasteiger partial charge in [-0.2, -0.15) is 5.26 Å². The summed E-state index contributed by atoms with van der Waals surface area (Å²) in [4.78, 5) is 12.0. The summed E-state index contributed by atoms with van der Waals surface area (Å²) in [6.07, 6.45) is 2.04. The monoisotopic (exact) mass is 253 g/mol. The third-order valence-electron chi connectivity index (χ3n) is 2.79. The van der Waals surface area contributed by atoms with E-state index in [1.807, 2.05) is 55.4 Å². The zero-order valence-electron chi connectivity index (χ0n) is 11.2. The maximum atomic E-state index is 8.93. The first-order valence-corrected chi connectivity index (χ1v) is 5.89. The Bertz CT molecular complexity index is 603. The van der Waals surface area contributed by atoms with Gasteiger partial charge in [-0.3, -0.25) is 4.90 Å². The molecule has 5 heteroatoms. The van der Waals surface area contributed by atoms with E-state index in [9.17, 15) is 0 Å². The van der Waals surface area contributed by atoms with Crippen molar-refractivity contribution in [2.24, 2.45) is 0 Å². The van der Waals surface area contributed by atoms with Crippen LogP contribution in [-0.4, -0.2) is 24.1 Å². The summed E-state index contributed by atoms with van der Waals surface area (Å²) >= 11 is 0. The third-order valence-corrected chi connectivity index (χ3v) is 2.79. The minimum atomic E-state index is 0.591. The van der Waals surface area contributed by atoms with Crippen molar-refractivity contribution in [1.82, 2.24) is 9.97 Å². The molecule has 2 rings (SSSR count). The number of benzene rings is 1. The molecule has 0 saturated carbocycles. The molecule has 0 atom stereocenters. The SMILES string of the molecule is Cc1nc(N(C)C#N)cc(N(C)c2ccccc2)n1. The van der Waals surface area contributed by atoms with Crippen LogP contribution in [-0.2, 0) is 0 Å². The fraction of sp³-hybridized carbons (Fsp3) is 0.214. The molecule has 19 heavy (non-hydrogen) atoms. The first-order chi connectivity index (χ1) is 9.11. The van der Waals surface area contributed by atoms with Crippen LogP contribution in [0.15, 0.2) is 36.4 Å². The summed E-state index contributed by atoms with van der Waals surface area (Å²) in [5.41, 5.74) is 1.03. The van der Waals surface area contributed by atoms with Gasteiger partial charge in [0.25, 0.3) is 0 Å². The van der Waals surface area contributed by atoms with Gasteiger partial charge in [0, 0.05) is 25.8 Å². The van der Waals surface area contributed by atoms with Crippen LogP contribution in [0.25, 0.3) is 0 Å². The molecular formula is C14H15N5. The van der Waals surface area contributed by atoms with Crippen LogP contribution in [0.3, 0.4) is 0 Å². The molecule has 0 aliphatic rings. The minimum absolute atomic E-state index is 0.591. The number of hydrogen-bond acceptors (Lipinski definition) is 5. The number of hydrogen-bond donors (Lipinski definition) is 0. The fourth-order valence-corrected chi connectivity index (χ4v) is 1.72. The molecule has 96 valence electrons. The van der Waals surface area contributed by atoms with E-state index in [1.165, 1.54) is 4.90 Å². The molecule has 5 nitrogen and oxygen atoms in total. The van der Waals surface area contributed by atoms with Crippen LogP contribution < -0.4 is 9.80 Å². The largest absolute Gasteiger partial charge is 0.329 e. The van der Waals surface area contributed by atoms with Gasteiger partial charge in [0.05, 0.1) is 0 Å². The molecule has 0 aliphatic heterocycles. The normalized spacial score (nSPS) is 9.79. The average molecular weight is 253 g/mol. The van der Waals surface area contributed by atoms with Gasteiger partial charge < -0.3 is 4.90 Å². The van der Waals surface area contributed by atoms with Crippen LogP contribution in [0, 0.1) is 18.4 Å². The highest BCUT2D eigenvalue weighted by atomic mass is 15.2. The summed E-state index contributed by atoms with van der Waals surface area (Å²) in [6, 6.07) is 11.7. The molecule has 0 fully saturated rings. The van der Waals surface area contributed by atoms with Crippen molar-refractivity contribution < 1.29 is 0 Å². The third kappa shape index (κ3) is 2.80. The van der Waals surface area contributed by atoms with Crippen LogP contribution in [0.4, 0.5) is 17.3 Å². The van der Waals surface area contributed by atoms with Crippen molar-refractivity contribution in [3.63, 3.8) is 0 Å². The van der Waals surface area contributed by atoms with Crippen molar-refractivity contribution in [1.29, 1.82) is 5.26 Å². The van der Waals surface area contributed by atoms with Gasteiger partial charge in [-0.05, 0) is 19.1 Å². The summed E-state index contributed by atoms with van der Waals surface area (Å²) in [5, 5.41) is 8.93. The molecule has 0 N–H and O–H groups in total. The maximum Gasteiger partial charge on any atom is 0.185 e. The second-order valence-electron chi connectivity index (χ2n) is 4.19.